The number of rotatable bonds is 4. The van der Waals surface area contributed by atoms with E-state index in [-0.39, 0.29) is 5.38 Å². The highest BCUT2D eigenvalue weighted by Gasteiger charge is 2.38. The first-order valence-electron chi connectivity index (χ1n) is 6.51. The Labute approximate surface area is 104 Å². The van der Waals surface area contributed by atoms with Crippen molar-refractivity contribution in [2.24, 2.45) is 0 Å². The Morgan fingerprint density at radius 1 is 1.07 bits per heavy atom. The van der Waals surface area contributed by atoms with Gasteiger partial charge in [0.15, 0.2) is 0 Å². The maximum absolute atomic E-state index is 6.11. The second-order valence-electron chi connectivity index (χ2n) is 5.37. The maximum atomic E-state index is 6.11. The summed E-state index contributed by atoms with van der Waals surface area (Å²) in [5, 5.41) is 0.203. The Hall–Kier alpha value is 0.645. The molecule has 0 aliphatic carbocycles. The highest BCUT2D eigenvalue weighted by molar-refractivity contribution is 6.62. The lowest BCUT2D eigenvalue weighted by Crippen LogP contribution is -2.34. The maximum Gasteiger partial charge on any atom is 0.146 e. The topological polar surface area (TPSA) is 0 Å². The molecular formula is C12H21BCl2. The minimum atomic E-state index is 0.203. The van der Waals surface area contributed by atoms with Gasteiger partial charge < -0.3 is 0 Å². The third-order valence-electron chi connectivity index (χ3n) is 4.49. The predicted octanol–water partition coefficient (Wildman–Crippen LogP) is 4.83. The SMILES string of the molecule is ClCC(Cl)CCB1C2CCCC1CCC2. The molecule has 0 saturated carbocycles. The number of alkyl halides is 2. The molecule has 2 saturated heterocycles. The van der Waals surface area contributed by atoms with Crippen molar-refractivity contribution in [1.29, 1.82) is 0 Å². The molecule has 0 aromatic carbocycles. The molecule has 1 unspecified atom stereocenters. The molecule has 2 bridgehead atoms. The van der Waals surface area contributed by atoms with Crippen molar-refractivity contribution in [2.75, 3.05) is 5.88 Å². The molecule has 0 N–H and O–H groups in total. The van der Waals surface area contributed by atoms with Crippen LogP contribution >= 0.6 is 23.2 Å². The van der Waals surface area contributed by atoms with Gasteiger partial charge in [-0.3, -0.25) is 0 Å². The summed E-state index contributed by atoms with van der Waals surface area (Å²) < 4.78 is 0. The van der Waals surface area contributed by atoms with E-state index in [1.807, 2.05) is 0 Å². The first-order chi connectivity index (χ1) is 7.31. The summed E-state index contributed by atoms with van der Waals surface area (Å²) in [7, 11) is 0. The molecule has 0 aromatic heterocycles. The van der Waals surface area contributed by atoms with Crippen LogP contribution in [0.5, 0.6) is 0 Å². The fourth-order valence-corrected chi connectivity index (χ4v) is 4.02. The molecule has 0 spiro atoms. The number of fused-ring (bicyclic) bond motifs is 2. The average molecular weight is 247 g/mol. The van der Waals surface area contributed by atoms with Crippen LogP contribution in [0, 0.1) is 0 Å². The van der Waals surface area contributed by atoms with Crippen LogP contribution in [-0.2, 0) is 0 Å². The van der Waals surface area contributed by atoms with Crippen molar-refractivity contribution in [3.8, 4) is 0 Å². The van der Waals surface area contributed by atoms with Crippen molar-refractivity contribution in [3.63, 3.8) is 0 Å². The first-order valence-corrected chi connectivity index (χ1v) is 7.48. The summed E-state index contributed by atoms with van der Waals surface area (Å²) in [6.45, 7) is 0.983. The molecule has 2 rings (SSSR count). The Bertz CT molecular complexity index is 176. The van der Waals surface area contributed by atoms with E-state index >= 15 is 0 Å². The van der Waals surface area contributed by atoms with Crippen LogP contribution in [0.2, 0.25) is 18.0 Å². The zero-order chi connectivity index (χ0) is 10.7. The molecule has 0 nitrogen and oxygen atoms in total. The second-order valence-corrected chi connectivity index (χ2v) is 6.30. The minimum Gasteiger partial charge on any atom is -0.125 e. The van der Waals surface area contributed by atoms with Gasteiger partial charge in [-0.15, -0.1) is 23.2 Å². The highest BCUT2D eigenvalue weighted by Crippen LogP contribution is 2.48. The van der Waals surface area contributed by atoms with Crippen LogP contribution in [0.4, 0.5) is 0 Å². The molecule has 86 valence electrons. The van der Waals surface area contributed by atoms with Crippen LogP contribution in [0.3, 0.4) is 0 Å². The fraction of sp³-hybridized carbons (Fsp3) is 1.00. The van der Waals surface area contributed by atoms with Gasteiger partial charge in [0.25, 0.3) is 0 Å². The third-order valence-corrected chi connectivity index (χ3v) is 5.39. The van der Waals surface area contributed by atoms with Crippen LogP contribution in [-0.4, -0.2) is 18.0 Å². The van der Waals surface area contributed by atoms with Gasteiger partial charge >= 0.3 is 0 Å². The van der Waals surface area contributed by atoms with Crippen molar-refractivity contribution >= 4 is 29.9 Å². The van der Waals surface area contributed by atoms with Crippen molar-refractivity contribution < 1.29 is 0 Å². The Kier molecular flexibility index (Phi) is 4.70. The zero-order valence-corrected chi connectivity index (χ0v) is 10.9. The average Bonchev–Trinajstić information content (AvgIpc) is 2.25. The lowest BCUT2D eigenvalue weighted by molar-refractivity contribution is 0.440. The van der Waals surface area contributed by atoms with Gasteiger partial charge in [-0.2, -0.15) is 0 Å². The van der Waals surface area contributed by atoms with Gasteiger partial charge in [0, 0.05) is 11.3 Å². The van der Waals surface area contributed by atoms with Crippen LogP contribution < -0.4 is 0 Å². The van der Waals surface area contributed by atoms with Crippen LogP contribution in [0.1, 0.15) is 44.9 Å². The number of hydrogen-bond donors (Lipinski definition) is 0. The molecule has 3 heteroatoms. The first kappa shape index (κ1) is 12.1. The third kappa shape index (κ3) is 3.06. The molecule has 2 aliphatic heterocycles. The standard InChI is InChI=1S/C12H21BCl2/c14-9-12(15)7-8-13-10-3-1-4-11(13)6-2-5-10/h10-12H,1-9H2. The van der Waals surface area contributed by atoms with E-state index in [2.05, 4.69) is 0 Å². The minimum absolute atomic E-state index is 0.203. The van der Waals surface area contributed by atoms with Gasteiger partial charge in [-0.1, -0.05) is 56.5 Å². The fourth-order valence-electron chi connectivity index (χ4n) is 3.74. The van der Waals surface area contributed by atoms with Crippen molar-refractivity contribution in [2.45, 2.75) is 68.3 Å². The van der Waals surface area contributed by atoms with Crippen molar-refractivity contribution in [1.82, 2.24) is 0 Å². The monoisotopic (exact) mass is 246 g/mol. The number of hydrogen-bond acceptors (Lipinski definition) is 0. The van der Waals surface area contributed by atoms with Crippen LogP contribution in [0.25, 0.3) is 0 Å². The molecule has 0 amide bonds. The van der Waals surface area contributed by atoms with E-state index in [4.69, 9.17) is 23.2 Å². The van der Waals surface area contributed by atoms with Crippen molar-refractivity contribution in [3.05, 3.63) is 0 Å². The summed E-state index contributed by atoms with van der Waals surface area (Å²) in [4.78, 5) is 0. The Balaban J connectivity index is 1.84. The Morgan fingerprint density at radius 3 is 2.07 bits per heavy atom. The predicted molar refractivity (Wildman–Crippen MR) is 70.7 cm³/mol. The molecule has 2 heterocycles. The van der Waals surface area contributed by atoms with Gasteiger partial charge in [-0.25, -0.2) is 0 Å². The summed E-state index contributed by atoms with van der Waals surface area (Å²) in [5.74, 6) is 2.66. The largest absolute Gasteiger partial charge is 0.146 e. The molecule has 2 aliphatic rings. The van der Waals surface area contributed by atoms with E-state index in [9.17, 15) is 0 Å². The number of halogens is 2. The van der Waals surface area contributed by atoms with Gasteiger partial charge in [-0.05, 0) is 6.42 Å². The highest BCUT2D eigenvalue weighted by atomic mass is 35.5. The van der Waals surface area contributed by atoms with Crippen LogP contribution in [0.15, 0.2) is 0 Å². The van der Waals surface area contributed by atoms with E-state index in [0.717, 1.165) is 24.8 Å². The summed E-state index contributed by atoms with van der Waals surface area (Å²) in [6, 6.07) is 0. The van der Waals surface area contributed by atoms with Gasteiger partial charge in [0.2, 0.25) is 0 Å². The van der Waals surface area contributed by atoms with E-state index in [1.165, 1.54) is 44.8 Å². The second kappa shape index (κ2) is 5.82. The van der Waals surface area contributed by atoms with E-state index < -0.39 is 0 Å². The summed E-state index contributed by atoms with van der Waals surface area (Å²) in [6.07, 6.45) is 11.3. The Morgan fingerprint density at radius 2 is 1.60 bits per heavy atom. The van der Waals surface area contributed by atoms with E-state index in [0.29, 0.717) is 5.88 Å². The van der Waals surface area contributed by atoms with Gasteiger partial charge in [0.05, 0.1) is 0 Å². The molecule has 15 heavy (non-hydrogen) atoms. The lowest BCUT2D eigenvalue weighted by Gasteiger charge is -2.40. The molecule has 0 aromatic rings. The zero-order valence-electron chi connectivity index (χ0n) is 9.43. The normalized spacial score (nSPS) is 32.8. The smallest absolute Gasteiger partial charge is 0.125 e. The molecule has 2 fully saturated rings. The summed E-state index contributed by atoms with van der Waals surface area (Å²) >= 11 is 11.9. The lowest BCUT2D eigenvalue weighted by atomic mass is 9.26. The molecular weight excluding hydrogens is 226 g/mol. The molecule has 1 atom stereocenters. The summed E-state index contributed by atoms with van der Waals surface area (Å²) in [5.41, 5.74) is 0. The van der Waals surface area contributed by atoms with E-state index in [1.54, 1.807) is 0 Å². The quantitative estimate of drug-likeness (QED) is 0.493. The molecule has 0 radical (unpaired) electrons. The van der Waals surface area contributed by atoms with Gasteiger partial charge in [0.1, 0.15) is 6.71 Å².